The van der Waals surface area contributed by atoms with Gasteiger partial charge in [-0.2, -0.15) is 4.98 Å². The van der Waals surface area contributed by atoms with E-state index in [0.29, 0.717) is 12.0 Å². The summed E-state index contributed by atoms with van der Waals surface area (Å²) in [6, 6.07) is 0.396. The van der Waals surface area contributed by atoms with E-state index in [0.717, 1.165) is 18.1 Å². The molecule has 1 unspecified atom stereocenters. The van der Waals surface area contributed by atoms with Crippen molar-refractivity contribution >= 4 is 0 Å². The number of hydrogen-bond acceptors (Lipinski definition) is 4. The summed E-state index contributed by atoms with van der Waals surface area (Å²) in [6.07, 6.45) is 9.97. The fourth-order valence-corrected chi connectivity index (χ4v) is 2.60. The average Bonchev–Trinajstić information content (AvgIpc) is 2.77. The molecule has 1 aromatic heterocycles. The summed E-state index contributed by atoms with van der Waals surface area (Å²) >= 11 is 0. The molecule has 0 saturated heterocycles. The van der Waals surface area contributed by atoms with Crippen molar-refractivity contribution in [3.05, 3.63) is 11.7 Å². The van der Waals surface area contributed by atoms with Crippen LogP contribution in [-0.4, -0.2) is 23.2 Å². The Balaban J connectivity index is 1.94. The van der Waals surface area contributed by atoms with E-state index in [1.165, 1.54) is 44.9 Å². The van der Waals surface area contributed by atoms with E-state index in [1.54, 1.807) is 0 Å². The molecule has 0 bridgehead atoms. The molecule has 1 fully saturated rings. The Morgan fingerprint density at radius 2 is 1.89 bits per heavy atom. The smallest absolute Gasteiger partial charge is 0.229 e. The van der Waals surface area contributed by atoms with E-state index < -0.39 is 0 Å². The highest BCUT2D eigenvalue weighted by atomic mass is 16.5. The van der Waals surface area contributed by atoms with Crippen LogP contribution in [0.15, 0.2) is 4.52 Å². The van der Waals surface area contributed by atoms with Crippen LogP contribution in [-0.2, 0) is 6.42 Å². The van der Waals surface area contributed by atoms with Crippen LogP contribution in [0, 0.1) is 0 Å². The number of likely N-dealkylation sites (N-methyl/N-ethyl adjacent to an activating group) is 1. The summed E-state index contributed by atoms with van der Waals surface area (Å²) in [5.41, 5.74) is 0. The van der Waals surface area contributed by atoms with Crippen LogP contribution in [0.2, 0.25) is 0 Å². The Kier molecular flexibility index (Phi) is 5.17. The van der Waals surface area contributed by atoms with Crippen molar-refractivity contribution < 1.29 is 4.52 Å². The molecular weight excluding hydrogens is 226 g/mol. The summed E-state index contributed by atoms with van der Waals surface area (Å²) in [6.45, 7) is 2.13. The van der Waals surface area contributed by atoms with Gasteiger partial charge in [-0.05, 0) is 26.8 Å². The molecule has 2 rings (SSSR count). The zero-order chi connectivity index (χ0) is 12.8. The first-order chi connectivity index (χ1) is 8.79. The molecule has 0 radical (unpaired) electrons. The first-order valence-corrected chi connectivity index (χ1v) is 7.29. The van der Waals surface area contributed by atoms with Gasteiger partial charge in [0.2, 0.25) is 5.89 Å². The van der Waals surface area contributed by atoms with Gasteiger partial charge in [-0.25, -0.2) is 0 Å². The minimum Gasteiger partial charge on any atom is -0.339 e. The monoisotopic (exact) mass is 251 g/mol. The minimum absolute atomic E-state index is 0.396. The summed E-state index contributed by atoms with van der Waals surface area (Å²) in [4.78, 5) is 4.58. The van der Waals surface area contributed by atoms with Gasteiger partial charge >= 0.3 is 0 Å². The van der Waals surface area contributed by atoms with Crippen molar-refractivity contribution in [1.29, 1.82) is 0 Å². The lowest BCUT2D eigenvalue weighted by atomic mass is 9.91. The van der Waals surface area contributed by atoms with Crippen LogP contribution >= 0.6 is 0 Å². The minimum atomic E-state index is 0.396. The molecule has 1 N–H and O–H groups in total. The number of hydrogen-bond donors (Lipinski definition) is 1. The molecule has 18 heavy (non-hydrogen) atoms. The van der Waals surface area contributed by atoms with Crippen LogP contribution in [0.25, 0.3) is 0 Å². The molecule has 4 heteroatoms. The van der Waals surface area contributed by atoms with Crippen molar-refractivity contribution in [3.8, 4) is 0 Å². The normalized spacial score (nSPS) is 20.3. The predicted octanol–water partition coefficient (Wildman–Crippen LogP) is 3.05. The van der Waals surface area contributed by atoms with Gasteiger partial charge in [0, 0.05) is 18.4 Å². The van der Waals surface area contributed by atoms with Gasteiger partial charge in [-0.1, -0.05) is 37.3 Å². The first kappa shape index (κ1) is 13.5. The lowest BCUT2D eigenvalue weighted by molar-refractivity contribution is 0.320. The van der Waals surface area contributed by atoms with Gasteiger partial charge < -0.3 is 9.84 Å². The van der Waals surface area contributed by atoms with Crippen molar-refractivity contribution in [3.63, 3.8) is 0 Å². The van der Waals surface area contributed by atoms with Crippen molar-refractivity contribution in [2.24, 2.45) is 0 Å². The summed E-state index contributed by atoms with van der Waals surface area (Å²) in [7, 11) is 1.96. The van der Waals surface area contributed by atoms with E-state index in [1.807, 2.05) is 7.05 Å². The van der Waals surface area contributed by atoms with E-state index >= 15 is 0 Å². The Bertz CT molecular complexity index is 343. The molecular formula is C14H25N3O. The fraction of sp³-hybridized carbons (Fsp3) is 0.857. The number of nitrogens with zero attached hydrogens (tertiary/aromatic N) is 2. The van der Waals surface area contributed by atoms with Gasteiger partial charge in [0.25, 0.3) is 0 Å². The third-order valence-corrected chi connectivity index (χ3v) is 3.92. The molecule has 1 aromatic rings. The van der Waals surface area contributed by atoms with E-state index in [9.17, 15) is 0 Å². The maximum absolute atomic E-state index is 5.46. The molecule has 1 aliphatic carbocycles. The van der Waals surface area contributed by atoms with E-state index in [4.69, 9.17) is 4.52 Å². The molecule has 0 amide bonds. The molecule has 1 aliphatic rings. The highest BCUT2D eigenvalue weighted by Gasteiger charge is 2.20. The summed E-state index contributed by atoms with van der Waals surface area (Å²) in [5.74, 6) is 2.21. The molecule has 1 saturated carbocycles. The third kappa shape index (κ3) is 3.80. The maximum Gasteiger partial charge on any atom is 0.229 e. The highest BCUT2D eigenvalue weighted by Crippen LogP contribution is 2.29. The van der Waals surface area contributed by atoms with Crippen molar-refractivity contribution in [2.45, 2.75) is 70.3 Å². The van der Waals surface area contributed by atoms with Crippen LogP contribution in [0.3, 0.4) is 0 Å². The Hall–Kier alpha value is -0.900. The zero-order valence-electron chi connectivity index (χ0n) is 11.6. The number of nitrogens with one attached hydrogen (secondary N) is 1. The lowest BCUT2D eigenvalue weighted by Crippen LogP contribution is -2.24. The van der Waals surface area contributed by atoms with Crippen LogP contribution in [0.5, 0.6) is 0 Å². The number of aromatic nitrogens is 2. The quantitative estimate of drug-likeness (QED) is 0.893. The highest BCUT2D eigenvalue weighted by molar-refractivity contribution is 4.96. The maximum atomic E-state index is 5.46. The molecule has 0 aliphatic heterocycles. The van der Waals surface area contributed by atoms with Gasteiger partial charge in [0.05, 0.1) is 0 Å². The molecule has 1 atom stereocenters. The SMILES string of the molecule is CNC(C)Cc1noc(C2CCCCCCC2)n1. The largest absolute Gasteiger partial charge is 0.339 e. The second-order valence-electron chi connectivity index (χ2n) is 5.48. The van der Waals surface area contributed by atoms with Crippen LogP contribution < -0.4 is 5.32 Å². The topological polar surface area (TPSA) is 51.0 Å². The molecule has 0 aromatic carbocycles. The van der Waals surface area contributed by atoms with Gasteiger partial charge in [0.15, 0.2) is 5.82 Å². The first-order valence-electron chi connectivity index (χ1n) is 7.29. The average molecular weight is 251 g/mol. The van der Waals surface area contributed by atoms with Gasteiger partial charge in [-0.3, -0.25) is 0 Å². The van der Waals surface area contributed by atoms with E-state index in [2.05, 4.69) is 22.4 Å². The zero-order valence-corrected chi connectivity index (χ0v) is 11.6. The predicted molar refractivity (Wildman–Crippen MR) is 71.6 cm³/mol. The van der Waals surface area contributed by atoms with Crippen LogP contribution in [0.4, 0.5) is 0 Å². The Morgan fingerprint density at radius 3 is 2.56 bits per heavy atom. The molecule has 1 heterocycles. The van der Waals surface area contributed by atoms with Crippen LogP contribution in [0.1, 0.15) is 69.5 Å². The second-order valence-corrected chi connectivity index (χ2v) is 5.48. The summed E-state index contributed by atoms with van der Waals surface area (Å²) < 4.78 is 5.46. The number of rotatable bonds is 4. The Morgan fingerprint density at radius 1 is 1.22 bits per heavy atom. The fourth-order valence-electron chi connectivity index (χ4n) is 2.60. The van der Waals surface area contributed by atoms with Gasteiger partial charge in [-0.15, -0.1) is 0 Å². The molecule has 102 valence electrons. The second kappa shape index (κ2) is 6.88. The molecule has 0 spiro atoms. The van der Waals surface area contributed by atoms with Gasteiger partial charge in [0.1, 0.15) is 0 Å². The van der Waals surface area contributed by atoms with E-state index in [-0.39, 0.29) is 0 Å². The Labute approximate surface area is 110 Å². The lowest BCUT2D eigenvalue weighted by Gasteiger charge is -2.15. The van der Waals surface area contributed by atoms with Crippen molar-refractivity contribution in [1.82, 2.24) is 15.5 Å². The molecule has 4 nitrogen and oxygen atoms in total. The standard InChI is InChI=1S/C14H25N3O/c1-11(15-2)10-13-16-14(18-17-13)12-8-6-4-3-5-7-9-12/h11-12,15H,3-10H2,1-2H3. The third-order valence-electron chi connectivity index (χ3n) is 3.92. The van der Waals surface area contributed by atoms with Crippen molar-refractivity contribution in [2.75, 3.05) is 7.05 Å². The summed E-state index contributed by atoms with van der Waals surface area (Å²) in [5, 5.41) is 7.31.